The molecule has 1 aliphatic rings. The number of unbranched alkanes of at least 4 members (excludes halogenated alkanes) is 2. The van der Waals surface area contributed by atoms with Crippen LogP contribution in [-0.2, 0) is 9.53 Å². The molecule has 19 heavy (non-hydrogen) atoms. The number of methoxy groups -OCH3 is 1. The summed E-state index contributed by atoms with van der Waals surface area (Å²) in [7, 11) is 1.64. The topological polar surface area (TPSA) is 26.3 Å². The Kier molecular flexibility index (Phi) is 5.99. The van der Waals surface area contributed by atoms with E-state index in [0.29, 0.717) is 6.42 Å². The van der Waals surface area contributed by atoms with Gasteiger partial charge >= 0.3 is 0 Å². The van der Waals surface area contributed by atoms with E-state index in [-0.39, 0.29) is 5.78 Å². The first kappa shape index (κ1) is 16.2. The van der Waals surface area contributed by atoms with E-state index < -0.39 is 5.60 Å². The Morgan fingerprint density at radius 3 is 2.21 bits per heavy atom. The fourth-order valence-corrected chi connectivity index (χ4v) is 2.86. The van der Waals surface area contributed by atoms with Crippen LogP contribution < -0.4 is 0 Å². The van der Waals surface area contributed by atoms with Crippen molar-refractivity contribution in [1.29, 1.82) is 0 Å². The third-order valence-corrected chi connectivity index (χ3v) is 4.08. The summed E-state index contributed by atoms with van der Waals surface area (Å²) in [6.45, 7) is 8.44. The molecule has 0 spiro atoms. The Labute approximate surface area is 117 Å². The normalized spacial score (nSPS) is 17.6. The van der Waals surface area contributed by atoms with Gasteiger partial charge in [-0.2, -0.15) is 0 Å². The van der Waals surface area contributed by atoms with Crippen molar-refractivity contribution in [3.8, 4) is 0 Å². The van der Waals surface area contributed by atoms with Gasteiger partial charge in [0.25, 0.3) is 0 Å². The Morgan fingerprint density at radius 1 is 1.16 bits per heavy atom. The van der Waals surface area contributed by atoms with E-state index in [1.165, 1.54) is 12.8 Å². The largest absolute Gasteiger partial charge is 0.362 e. The standard InChI is InChI=1S/C17H28O2/c1-13(2)9-7-6-8-10-16(18)17(19-5)14(3)11-12-15(17)4/h11-13H,6-10H2,1-5H3. The highest BCUT2D eigenvalue weighted by Crippen LogP contribution is 2.36. The number of allylic oxidation sites excluding steroid dienone is 2. The van der Waals surface area contributed by atoms with Gasteiger partial charge in [0.1, 0.15) is 0 Å². The number of rotatable bonds is 8. The molecule has 0 aromatic rings. The minimum absolute atomic E-state index is 0.208. The monoisotopic (exact) mass is 264 g/mol. The van der Waals surface area contributed by atoms with Crippen LogP contribution in [-0.4, -0.2) is 18.5 Å². The molecule has 1 aliphatic carbocycles. The number of hydrogen-bond acceptors (Lipinski definition) is 2. The molecule has 0 saturated carbocycles. The van der Waals surface area contributed by atoms with Crippen LogP contribution in [0.25, 0.3) is 0 Å². The van der Waals surface area contributed by atoms with Gasteiger partial charge in [0, 0.05) is 13.5 Å². The van der Waals surface area contributed by atoms with Gasteiger partial charge in [0.05, 0.1) is 0 Å². The number of carbonyl (C=O) groups excluding carboxylic acids is 1. The van der Waals surface area contributed by atoms with Gasteiger partial charge in [-0.25, -0.2) is 0 Å². The van der Waals surface area contributed by atoms with E-state index in [9.17, 15) is 4.79 Å². The molecule has 2 heteroatoms. The molecule has 0 bridgehead atoms. The smallest absolute Gasteiger partial charge is 0.173 e. The molecule has 0 amide bonds. The van der Waals surface area contributed by atoms with E-state index in [2.05, 4.69) is 13.8 Å². The Balaban J connectivity index is 2.48. The SMILES string of the molecule is COC1(C(=O)CCCCCC(C)C)C(C)=CC=C1C. The van der Waals surface area contributed by atoms with Crippen LogP contribution >= 0.6 is 0 Å². The van der Waals surface area contributed by atoms with E-state index in [4.69, 9.17) is 4.74 Å². The molecule has 0 atom stereocenters. The van der Waals surface area contributed by atoms with Crippen molar-refractivity contribution in [2.45, 2.75) is 65.4 Å². The van der Waals surface area contributed by atoms with E-state index in [0.717, 1.165) is 29.9 Å². The minimum Gasteiger partial charge on any atom is -0.362 e. The number of carbonyl (C=O) groups is 1. The summed E-state index contributed by atoms with van der Waals surface area (Å²) in [4.78, 5) is 12.5. The van der Waals surface area contributed by atoms with Crippen LogP contribution in [0.5, 0.6) is 0 Å². The predicted octanol–water partition coefficient (Wildman–Crippen LogP) is 4.45. The van der Waals surface area contributed by atoms with Crippen LogP contribution in [0.2, 0.25) is 0 Å². The van der Waals surface area contributed by atoms with Gasteiger partial charge < -0.3 is 4.74 Å². The van der Waals surface area contributed by atoms with Crippen molar-refractivity contribution >= 4 is 5.78 Å². The van der Waals surface area contributed by atoms with E-state index >= 15 is 0 Å². The van der Waals surface area contributed by atoms with E-state index in [1.807, 2.05) is 26.0 Å². The van der Waals surface area contributed by atoms with Gasteiger partial charge in [0.15, 0.2) is 11.4 Å². The van der Waals surface area contributed by atoms with Crippen molar-refractivity contribution in [3.63, 3.8) is 0 Å². The maximum Gasteiger partial charge on any atom is 0.173 e. The summed E-state index contributed by atoms with van der Waals surface area (Å²) in [5.74, 6) is 0.964. The summed E-state index contributed by atoms with van der Waals surface area (Å²) in [5, 5.41) is 0. The summed E-state index contributed by atoms with van der Waals surface area (Å²) >= 11 is 0. The van der Waals surface area contributed by atoms with Gasteiger partial charge in [-0.3, -0.25) is 4.79 Å². The first-order valence-electron chi connectivity index (χ1n) is 7.39. The van der Waals surface area contributed by atoms with Crippen molar-refractivity contribution in [3.05, 3.63) is 23.3 Å². The van der Waals surface area contributed by atoms with Crippen LogP contribution in [0.15, 0.2) is 23.3 Å². The molecular formula is C17H28O2. The quantitative estimate of drug-likeness (QED) is 0.605. The summed E-state index contributed by atoms with van der Waals surface area (Å²) in [6.07, 6.45) is 9.18. The highest BCUT2D eigenvalue weighted by atomic mass is 16.5. The molecular weight excluding hydrogens is 236 g/mol. The first-order chi connectivity index (χ1) is 8.95. The van der Waals surface area contributed by atoms with Gasteiger partial charge in [0.2, 0.25) is 0 Å². The van der Waals surface area contributed by atoms with Gasteiger partial charge in [-0.15, -0.1) is 0 Å². The van der Waals surface area contributed by atoms with Crippen LogP contribution in [0, 0.1) is 5.92 Å². The van der Waals surface area contributed by atoms with Crippen LogP contribution in [0.3, 0.4) is 0 Å². The number of ketones is 1. The Bertz CT molecular complexity index is 357. The molecule has 2 nitrogen and oxygen atoms in total. The first-order valence-corrected chi connectivity index (χ1v) is 7.39. The van der Waals surface area contributed by atoms with Crippen molar-refractivity contribution in [1.82, 2.24) is 0 Å². The van der Waals surface area contributed by atoms with E-state index in [1.54, 1.807) is 7.11 Å². The molecule has 108 valence electrons. The summed E-state index contributed by atoms with van der Waals surface area (Å²) < 4.78 is 5.59. The van der Waals surface area contributed by atoms with Crippen molar-refractivity contribution < 1.29 is 9.53 Å². The lowest BCUT2D eigenvalue weighted by molar-refractivity contribution is -0.133. The molecule has 0 N–H and O–H groups in total. The zero-order valence-electron chi connectivity index (χ0n) is 13.1. The zero-order chi connectivity index (χ0) is 14.5. The zero-order valence-corrected chi connectivity index (χ0v) is 13.1. The van der Waals surface area contributed by atoms with Gasteiger partial charge in [-0.1, -0.05) is 45.3 Å². The maximum absolute atomic E-state index is 12.5. The van der Waals surface area contributed by atoms with Crippen LogP contribution in [0.1, 0.15) is 59.8 Å². The number of Topliss-reactive ketones (excluding diaryl/α,β-unsaturated/α-hetero) is 1. The van der Waals surface area contributed by atoms with Crippen molar-refractivity contribution in [2.24, 2.45) is 5.92 Å². The second-order valence-corrected chi connectivity index (χ2v) is 6.00. The molecule has 1 rings (SSSR count). The predicted molar refractivity (Wildman–Crippen MR) is 80.2 cm³/mol. The molecule has 0 unspecified atom stereocenters. The highest BCUT2D eigenvalue weighted by Gasteiger charge is 2.42. The lowest BCUT2D eigenvalue weighted by atomic mass is 9.84. The molecule has 0 radical (unpaired) electrons. The summed E-state index contributed by atoms with van der Waals surface area (Å²) in [5.41, 5.74) is 1.26. The van der Waals surface area contributed by atoms with Crippen molar-refractivity contribution in [2.75, 3.05) is 7.11 Å². The second-order valence-electron chi connectivity index (χ2n) is 6.00. The number of hydrogen-bond donors (Lipinski definition) is 0. The molecule has 0 aromatic carbocycles. The third kappa shape index (κ3) is 3.56. The Hall–Kier alpha value is -0.890. The lowest BCUT2D eigenvalue weighted by Gasteiger charge is -2.30. The highest BCUT2D eigenvalue weighted by molar-refractivity contribution is 5.95. The molecule has 0 saturated heterocycles. The molecule has 0 fully saturated rings. The fraction of sp³-hybridized carbons (Fsp3) is 0.706. The Morgan fingerprint density at radius 2 is 1.74 bits per heavy atom. The third-order valence-electron chi connectivity index (χ3n) is 4.08. The molecule has 0 heterocycles. The van der Waals surface area contributed by atoms with Crippen LogP contribution in [0.4, 0.5) is 0 Å². The average molecular weight is 264 g/mol. The van der Waals surface area contributed by atoms with Gasteiger partial charge in [-0.05, 0) is 37.3 Å². The fourth-order valence-electron chi connectivity index (χ4n) is 2.86. The maximum atomic E-state index is 12.5. The average Bonchev–Trinajstić information content (AvgIpc) is 2.65. The second kappa shape index (κ2) is 7.04. The number of ether oxygens (including phenoxy) is 1. The molecule has 0 aliphatic heterocycles. The lowest BCUT2D eigenvalue weighted by Crippen LogP contribution is -2.41. The summed E-state index contributed by atoms with van der Waals surface area (Å²) in [6, 6.07) is 0. The molecule has 0 aromatic heterocycles. The minimum atomic E-state index is -0.766.